The van der Waals surface area contributed by atoms with E-state index in [-0.39, 0.29) is 34.4 Å². The van der Waals surface area contributed by atoms with Gasteiger partial charge < -0.3 is 10.2 Å². The number of carbonyl (C=O) groups is 2. The Balaban J connectivity index is 1.41. The van der Waals surface area contributed by atoms with Crippen molar-refractivity contribution in [2.24, 2.45) is 11.8 Å². The summed E-state index contributed by atoms with van der Waals surface area (Å²) >= 11 is 5.65. The summed E-state index contributed by atoms with van der Waals surface area (Å²) in [4.78, 5) is 31.3. The predicted molar refractivity (Wildman–Crippen MR) is 115 cm³/mol. The van der Waals surface area contributed by atoms with Crippen LogP contribution in [0.15, 0.2) is 42.7 Å². The average molecular weight is 512 g/mol. The molecule has 0 radical (unpaired) electrons. The monoisotopic (exact) mass is 511 g/mol. The minimum Gasteiger partial charge on any atom is -0.347 e. The van der Waals surface area contributed by atoms with Crippen LogP contribution in [-0.4, -0.2) is 33.8 Å². The van der Waals surface area contributed by atoms with Crippen LogP contribution in [-0.2, 0) is 11.0 Å². The van der Waals surface area contributed by atoms with Crippen LogP contribution < -0.4 is 5.32 Å². The van der Waals surface area contributed by atoms with Gasteiger partial charge in [-0.25, -0.2) is 8.78 Å². The van der Waals surface area contributed by atoms with E-state index >= 15 is 0 Å². The molecule has 2 saturated carbocycles. The first-order valence-electron chi connectivity index (χ1n) is 11.0. The third-order valence-electron chi connectivity index (χ3n) is 6.86. The first kappa shape index (κ1) is 23.7. The molecule has 2 aromatic rings. The Morgan fingerprint density at radius 3 is 2.51 bits per heavy atom. The van der Waals surface area contributed by atoms with Gasteiger partial charge in [0.2, 0.25) is 5.91 Å². The Kier molecular flexibility index (Phi) is 5.62. The number of piperidine rings is 1. The maximum absolute atomic E-state index is 14.6. The van der Waals surface area contributed by atoms with Crippen molar-refractivity contribution in [3.63, 3.8) is 0 Å². The second-order valence-electron chi connectivity index (χ2n) is 9.16. The molecule has 184 valence electrons. The molecule has 1 aromatic heterocycles. The fraction of sp³-hybridized carbons (Fsp3) is 0.375. The molecular weight excluding hydrogens is 493 g/mol. The van der Waals surface area contributed by atoms with Crippen LogP contribution >= 0.6 is 11.6 Å². The van der Waals surface area contributed by atoms with E-state index < -0.39 is 53.3 Å². The number of halogens is 6. The quantitative estimate of drug-likeness (QED) is 0.346. The third kappa shape index (κ3) is 4.28. The third-order valence-corrected chi connectivity index (χ3v) is 7.15. The number of likely N-dealkylation sites (tertiary alicyclic amines) is 1. The molecule has 1 saturated heterocycles. The molecule has 2 amide bonds. The summed E-state index contributed by atoms with van der Waals surface area (Å²) in [7, 11) is 0. The first-order chi connectivity index (χ1) is 16.5. The van der Waals surface area contributed by atoms with E-state index in [1.807, 2.05) is 0 Å². The highest BCUT2D eigenvalue weighted by Crippen LogP contribution is 2.53. The number of fused-ring (bicyclic) bond motifs is 1. The SMILES string of the molecule is C=C1[C@@H]2[C@H]1C[C@H](C(=O)N[C@@H](c1cc(F)c(Cl)cc1F)C1CC1)N2C(=O)c1cncc(C(F)(F)F)c1. The summed E-state index contributed by atoms with van der Waals surface area (Å²) in [6.07, 6.45) is -1.43. The van der Waals surface area contributed by atoms with E-state index in [0.29, 0.717) is 30.7 Å². The molecule has 5 nitrogen and oxygen atoms in total. The molecule has 35 heavy (non-hydrogen) atoms. The van der Waals surface area contributed by atoms with Gasteiger partial charge in [-0.3, -0.25) is 14.6 Å². The van der Waals surface area contributed by atoms with Crippen molar-refractivity contribution in [2.75, 3.05) is 0 Å². The van der Waals surface area contributed by atoms with Gasteiger partial charge in [-0.2, -0.15) is 13.2 Å². The average Bonchev–Trinajstić information content (AvgIpc) is 3.70. The van der Waals surface area contributed by atoms with Crippen molar-refractivity contribution in [3.05, 3.63) is 76.1 Å². The molecule has 0 spiro atoms. The minimum absolute atomic E-state index is 0.0460. The van der Waals surface area contributed by atoms with Gasteiger partial charge in [-0.1, -0.05) is 18.2 Å². The molecule has 0 unspecified atom stereocenters. The zero-order valence-electron chi connectivity index (χ0n) is 18.1. The number of nitrogens with zero attached hydrogens (tertiary/aromatic N) is 2. The molecule has 11 heteroatoms. The van der Waals surface area contributed by atoms with E-state index in [1.165, 1.54) is 4.90 Å². The highest BCUT2D eigenvalue weighted by atomic mass is 35.5. The lowest BCUT2D eigenvalue weighted by Crippen LogP contribution is -2.49. The van der Waals surface area contributed by atoms with Crippen LogP contribution in [0.1, 0.15) is 46.8 Å². The Hall–Kier alpha value is -3.01. The fourth-order valence-electron chi connectivity index (χ4n) is 4.83. The van der Waals surface area contributed by atoms with Crippen molar-refractivity contribution in [2.45, 2.75) is 43.6 Å². The molecule has 2 aliphatic carbocycles. The smallest absolute Gasteiger partial charge is 0.347 e. The fourth-order valence-corrected chi connectivity index (χ4v) is 4.98. The van der Waals surface area contributed by atoms with Crippen LogP contribution in [0.5, 0.6) is 0 Å². The van der Waals surface area contributed by atoms with Crippen LogP contribution in [0, 0.1) is 23.5 Å². The number of rotatable bonds is 5. The number of amides is 2. The minimum atomic E-state index is -4.69. The lowest BCUT2D eigenvalue weighted by atomic mass is 10.00. The number of alkyl halides is 3. The van der Waals surface area contributed by atoms with Crippen LogP contribution in [0.2, 0.25) is 5.02 Å². The second kappa shape index (κ2) is 8.29. The topological polar surface area (TPSA) is 62.3 Å². The number of aromatic nitrogens is 1. The summed E-state index contributed by atoms with van der Waals surface area (Å²) in [5.74, 6) is -3.23. The molecule has 5 rings (SSSR count). The summed E-state index contributed by atoms with van der Waals surface area (Å²) in [5, 5.41) is 2.36. The lowest BCUT2D eigenvalue weighted by Gasteiger charge is -2.29. The maximum atomic E-state index is 14.6. The molecule has 2 heterocycles. The molecular formula is C24H19ClF5N3O2. The van der Waals surface area contributed by atoms with Gasteiger partial charge in [0.15, 0.2) is 0 Å². The van der Waals surface area contributed by atoms with Gasteiger partial charge in [-0.05, 0) is 49.0 Å². The van der Waals surface area contributed by atoms with Crippen molar-refractivity contribution >= 4 is 23.4 Å². The summed E-state index contributed by atoms with van der Waals surface area (Å²) in [6.45, 7) is 3.88. The van der Waals surface area contributed by atoms with Gasteiger partial charge in [0.25, 0.3) is 5.91 Å². The first-order valence-corrected chi connectivity index (χ1v) is 11.3. The number of hydrogen-bond acceptors (Lipinski definition) is 3. The maximum Gasteiger partial charge on any atom is 0.417 e. The normalized spacial score (nSPS) is 24.2. The van der Waals surface area contributed by atoms with Crippen molar-refractivity contribution in [3.8, 4) is 0 Å². The molecule has 3 fully saturated rings. The largest absolute Gasteiger partial charge is 0.417 e. The van der Waals surface area contributed by atoms with Crippen molar-refractivity contribution in [1.29, 1.82) is 0 Å². The summed E-state index contributed by atoms with van der Waals surface area (Å²) < 4.78 is 68.0. The van der Waals surface area contributed by atoms with Crippen LogP contribution in [0.4, 0.5) is 22.0 Å². The van der Waals surface area contributed by atoms with Gasteiger partial charge in [0, 0.05) is 23.9 Å². The van der Waals surface area contributed by atoms with E-state index in [2.05, 4.69) is 16.9 Å². The zero-order chi connectivity index (χ0) is 25.2. The molecule has 0 bridgehead atoms. The summed E-state index contributed by atoms with van der Waals surface area (Å²) in [5.41, 5.74) is -0.714. The van der Waals surface area contributed by atoms with Crippen molar-refractivity contribution in [1.82, 2.24) is 15.2 Å². The van der Waals surface area contributed by atoms with E-state index in [9.17, 15) is 31.5 Å². The van der Waals surface area contributed by atoms with Gasteiger partial charge in [0.05, 0.1) is 28.2 Å². The molecule has 3 aliphatic rings. The molecule has 1 aromatic carbocycles. The Morgan fingerprint density at radius 1 is 1.14 bits per heavy atom. The van der Waals surface area contributed by atoms with Crippen LogP contribution in [0.3, 0.4) is 0 Å². The molecule has 1 aliphatic heterocycles. The lowest BCUT2D eigenvalue weighted by molar-refractivity contribution is -0.137. The van der Waals surface area contributed by atoms with E-state index in [0.717, 1.165) is 18.3 Å². The molecule has 4 atom stereocenters. The number of hydrogen-bond donors (Lipinski definition) is 1. The number of pyridine rings is 1. The second-order valence-corrected chi connectivity index (χ2v) is 9.57. The highest BCUT2D eigenvalue weighted by molar-refractivity contribution is 6.30. The van der Waals surface area contributed by atoms with E-state index in [1.54, 1.807) is 0 Å². The number of benzene rings is 1. The Bertz CT molecular complexity index is 1250. The number of nitrogens with one attached hydrogen (secondary N) is 1. The van der Waals surface area contributed by atoms with Crippen LogP contribution in [0.25, 0.3) is 0 Å². The highest BCUT2D eigenvalue weighted by Gasteiger charge is 2.59. The Morgan fingerprint density at radius 2 is 1.86 bits per heavy atom. The van der Waals surface area contributed by atoms with E-state index in [4.69, 9.17) is 11.6 Å². The zero-order valence-corrected chi connectivity index (χ0v) is 18.8. The Labute approximate surface area is 202 Å². The van der Waals surface area contributed by atoms with Gasteiger partial charge >= 0.3 is 6.18 Å². The number of carbonyl (C=O) groups excluding carboxylic acids is 2. The van der Waals surface area contributed by atoms with Gasteiger partial charge in [0.1, 0.15) is 17.7 Å². The predicted octanol–water partition coefficient (Wildman–Crippen LogP) is 5.07. The van der Waals surface area contributed by atoms with Crippen molar-refractivity contribution < 1.29 is 31.5 Å². The standard InChI is InChI=1S/C24H19ClF5N3O2/c1-10-14-6-19(33(21(10)14)23(35)12-4-13(9-31-8-12)24(28,29)30)22(34)32-20(11-2-3-11)15-5-18(27)16(25)7-17(15)26/h4-5,7-9,11,14,19-21H,1-3,6H2,(H,32,34)/t14-,19+,20+,21+/m0/s1. The molecule has 1 N–H and O–H groups in total. The van der Waals surface area contributed by atoms with Gasteiger partial charge in [-0.15, -0.1) is 0 Å². The summed E-state index contributed by atoms with van der Waals surface area (Å²) in [6, 6.07) is 0.185.